The molecule has 0 amide bonds. The van der Waals surface area contributed by atoms with Crippen LogP contribution in [0.15, 0.2) is 36.4 Å². The molecule has 3 nitrogen and oxygen atoms in total. The maximum absolute atomic E-state index is 12.3. The SMILES string of the molecule is C=C(CSC(=S)N(C)C)C(=O)c1ccccc1OC. The van der Waals surface area contributed by atoms with Crippen LogP contribution in [-0.2, 0) is 0 Å². The number of ketones is 1. The summed E-state index contributed by atoms with van der Waals surface area (Å²) in [5, 5.41) is 0. The van der Waals surface area contributed by atoms with E-state index >= 15 is 0 Å². The summed E-state index contributed by atoms with van der Waals surface area (Å²) >= 11 is 6.59. The second kappa shape index (κ2) is 7.31. The predicted octanol–water partition coefficient (Wildman–Crippen LogP) is 3.01. The van der Waals surface area contributed by atoms with E-state index in [0.717, 1.165) is 4.32 Å². The fraction of sp³-hybridized carbons (Fsp3) is 0.286. The molecule has 0 radical (unpaired) electrons. The molecule has 1 aromatic carbocycles. The van der Waals surface area contributed by atoms with Gasteiger partial charge in [-0.25, -0.2) is 0 Å². The molecule has 0 unspecified atom stereocenters. The van der Waals surface area contributed by atoms with Gasteiger partial charge in [0.1, 0.15) is 10.1 Å². The molecule has 0 bridgehead atoms. The van der Waals surface area contributed by atoms with Crippen molar-refractivity contribution in [3.05, 3.63) is 42.0 Å². The number of nitrogens with zero attached hydrogens (tertiary/aromatic N) is 1. The first-order valence-corrected chi connectivity index (χ1v) is 7.06. The van der Waals surface area contributed by atoms with Crippen LogP contribution in [-0.4, -0.2) is 42.0 Å². The van der Waals surface area contributed by atoms with Crippen LogP contribution in [0.3, 0.4) is 0 Å². The Morgan fingerprint density at radius 1 is 1.42 bits per heavy atom. The van der Waals surface area contributed by atoms with E-state index in [4.69, 9.17) is 17.0 Å². The normalized spacial score (nSPS) is 9.84. The molecule has 1 aromatic rings. The van der Waals surface area contributed by atoms with Crippen molar-refractivity contribution >= 4 is 34.1 Å². The largest absolute Gasteiger partial charge is 0.496 e. The van der Waals surface area contributed by atoms with Crippen molar-refractivity contribution in [2.75, 3.05) is 27.0 Å². The summed E-state index contributed by atoms with van der Waals surface area (Å²) in [5.41, 5.74) is 1.05. The molecule has 5 heteroatoms. The highest BCUT2D eigenvalue weighted by Gasteiger charge is 2.15. The number of methoxy groups -OCH3 is 1. The number of ether oxygens (including phenoxy) is 1. The Bertz CT molecular complexity index is 498. The molecular formula is C14H17NO2S2. The number of carbonyl (C=O) groups is 1. The molecule has 0 N–H and O–H groups in total. The molecule has 0 fully saturated rings. The van der Waals surface area contributed by atoms with Crippen molar-refractivity contribution in [3.63, 3.8) is 0 Å². The molecule has 0 aromatic heterocycles. The van der Waals surface area contributed by atoms with E-state index < -0.39 is 0 Å². The Morgan fingerprint density at radius 2 is 2.05 bits per heavy atom. The molecular weight excluding hydrogens is 278 g/mol. The maximum atomic E-state index is 12.3. The van der Waals surface area contributed by atoms with Gasteiger partial charge in [0.25, 0.3) is 0 Å². The molecule has 0 saturated heterocycles. The second-order valence-electron chi connectivity index (χ2n) is 4.08. The van der Waals surface area contributed by atoms with Gasteiger partial charge in [0, 0.05) is 25.4 Å². The average molecular weight is 295 g/mol. The fourth-order valence-electron chi connectivity index (χ4n) is 1.37. The summed E-state index contributed by atoms with van der Waals surface area (Å²) in [7, 11) is 5.30. The summed E-state index contributed by atoms with van der Waals surface area (Å²) in [6.07, 6.45) is 0. The van der Waals surface area contributed by atoms with E-state index in [1.54, 1.807) is 25.3 Å². The number of rotatable bonds is 5. The van der Waals surface area contributed by atoms with Crippen LogP contribution in [0, 0.1) is 0 Å². The van der Waals surface area contributed by atoms with Gasteiger partial charge in [-0.3, -0.25) is 4.79 Å². The van der Waals surface area contributed by atoms with Crippen molar-refractivity contribution in [1.29, 1.82) is 0 Å². The lowest BCUT2D eigenvalue weighted by Gasteiger charge is -2.13. The minimum atomic E-state index is -0.105. The Labute approximate surface area is 123 Å². The van der Waals surface area contributed by atoms with E-state index in [2.05, 4.69) is 6.58 Å². The summed E-state index contributed by atoms with van der Waals surface area (Å²) in [6, 6.07) is 7.13. The maximum Gasteiger partial charge on any atom is 0.192 e. The molecule has 0 aliphatic carbocycles. The Kier molecular flexibility index (Phi) is 6.05. The molecule has 0 aliphatic heterocycles. The van der Waals surface area contributed by atoms with Crippen molar-refractivity contribution in [2.24, 2.45) is 0 Å². The van der Waals surface area contributed by atoms with Crippen molar-refractivity contribution in [1.82, 2.24) is 4.90 Å². The number of para-hydroxylation sites is 1. The molecule has 0 atom stereocenters. The van der Waals surface area contributed by atoms with E-state index in [-0.39, 0.29) is 5.78 Å². The zero-order valence-corrected chi connectivity index (χ0v) is 12.9. The molecule has 102 valence electrons. The van der Waals surface area contributed by atoms with Gasteiger partial charge in [-0.2, -0.15) is 0 Å². The van der Waals surface area contributed by atoms with Crippen LogP contribution in [0.1, 0.15) is 10.4 Å². The van der Waals surface area contributed by atoms with Crippen LogP contribution in [0.4, 0.5) is 0 Å². The summed E-state index contributed by atoms with van der Waals surface area (Å²) in [6.45, 7) is 3.83. The first kappa shape index (κ1) is 15.7. The number of Topliss-reactive ketones (excluding diaryl/α,β-unsaturated/α-hetero) is 1. The highest BCUT2D eigenvalue weighted by molar-refractivity contribution is 8.23. The Morgan fingerprint density at radius 3 is 2.63 bits per heavy atom. The third-order valence-corrected chi connectivity index (χ3v) is 4.23. The summed E-state index contributed by atoms with van der Waals surface area (Å²) in [5.74, 6) is 0.939. The molecule has 0 spiro atoms. The predicted molar refractivity (Wildman–Crippen MR) is 85.2 cm³/mol. The van der Waals surface area contributed by atoms with E-state index in [9.17, 15) is 4.79 Å². The molecule has 0 aliphatic rings. The van der Waals surface area contributed by atoms with E-state index in [0.29, 0.717) is 22.6 Å². The lowest BCUT2D eigenvalue weighted by Crippen LogP contribution is -2.17. The second-order valence-corrected chi connectivity index (χ2v) is 5.69. The smallest absolute Gasteiger partial charge is 0.192 e. The van der Waals surface area contributed by atoms with Crippen molar-refractivity contribution in [2.45, 2.75) is 0 Å². The first-order chi connectivity index (χ1) is 8.97. The summed E-state index contributed by atoms with van der Waals surface area (Å²) < 4.78 is 5.91. The number of thiocarbonyl (C=S) groups is 1. The van der Waals surface area contributed by atoms with Gasteiger partial charge in [-0.1, -0.05) is 42.7 Å². The van der Waals surface area contributed by atoms with Gasteiger partial charge in [0.05, 0.1) is 12.7 Å². The highest BCUT2D eigenvalue weighted by Crippen LogP contribution is 2.22. The lowest BCUT2D eigenvalue weighted by atomic mass is 10.1. The van der Waals surface area contributed by atoms with Gasteiger partial charge in [0.15, 0.2) is 5.78 Å². The van der Waals surface area contributed by atoms with Gasteiger partial charge >= 0.3 is 0 Å². The van der Waals surface area contributed by atoms with Gasteiger partial charge in [0.2, 0.25) is 0 Å². The standard InChI is InChI=1S/C14H17NO2S2/c1-10(9-19-14(18)15(2)3)13(16)11-7-5-6-8-12(11)17-4/h5-8H,1,9H2,2-4H3. The molecule has 19 heavy (non-hydrogen) atoms. The van der Waals surface area contributed by atoms with Crippen LogP contribution in [0.5, 0.6) is 5.75 Å². The zero-order chi connectivity index (χ0) is 14.4. The minimum Gasteiger partial charge on any atom is -0.496 e. The van der Waals surface area contributed by atoms with Crippen LogP contribution < -0.4 is 4.74 Å². The van der Waals surface area contributed by atoms with Crippen molar-refractivity contribution in [3.8, 4) is 5.75 Å². The number of benzene rings is 1. The molecule has 1 rings (SSSR count). The molecule has 0 heterocycles. The van der Waals surface area contributed by atoms with E-state index in [1.165, 1.54) is 11.8 Å². The van der Waals surface area contributed by atoms with Gasteiger partial charge < -0.3 is 9.64 Å². The van der Waals surface area contributed by atoms with E-state index in [1.807, 2.05) is 25.1 Å². The number of carbonyl (C=O) groups excluding carboxylic acids is 1. The average Bonchev–Trinajstić information content (AvgIpc) is 2.43. The van der Waals surface area contributed by atoms with Crippen LogP contribution >= 0.6 is 24.0 Å². The van der Waals surface area contributed by atoms with Gasteiger partial charge in [-0.15, -0.1) is 0 Å². The number of hydrogen-bond acceptors (Lipinski definition) is 4. The topological polar surface area (TPSA) is 29.5 Å². The molecule has 0 saturated carbocycles. The van der Waals surface area contributed by atoms with Crippen LogP contribution in [0.2, 0.25) is 0 Å². The lowest BCUT2D eigenvalue weighted by molar-refractivity contribution is 0.103. The van der Waals surface area contributed by atoms with Gasteiger partial charge in [-0.05, 0) is 12.1 Å². The quantitative estimate of drug-likeness (QED) is 0.473. The van der Waals surface area contributed by atoms with Crippen LogP contribution in [0.25, 0.3) is 0 Å². The highest BCUT2D eigenvalue weighted by atomic mass is 32.2. The number of thioether (sulfide) groups is 1. The Hall–Kier alpha value is -1.33. The third kappa shape index (κ3) is 4.36. The third-order valence-electron chi connectivity index (χ3n) is 2.41. The zero-order valence-electron chi connectivity index (χ0n) is 11.3. The monoisotopic (exact) mass is 295 g/mol. The first-order valence-electron chi connectivity index (χ1n) is 5.67. The number of hydrogen-bond donors (Lipinski definition) is 0. The Balaban J connectivity index is 2.72. The summed E-state index contributed by atoms with van der Waals surface area (Å²) in [4.78, 5) is 14.1. The van der Waals surface area contributed by atoms with Crippen molar-refractivity contribution < 1.29 is 9.53 Å². The fourth-order valence-corrected chi connectivity index (χ4v) is 2.23. The minimum absolute atomic E-state index is 0.105.